The van der Waals surface area contributed by atoms with Crippen LogP contribution < -0.4 is 0 Å². The number of aliphatic hydroxyl groups is 1. The van der Waals surface area contributed by atoms with Crippen molar-refractivity contribution < 1.29 is 15.0 Å². The molecule has 0 saturated carbocycles. The van der Waals surface area contributed by atoms with E-state index in [1.165, 1.54) is 4.68 Å². The Kier molecular flexibility index (Phi) is 3.35. The highest BCUT2D eigenvalue weighted by atomic mass is 16.4. The van der Waals surface area contributed by atoms with Crippen LogP contribution in [0.2, 0.25) is 0 Å². The van der Waals surface area contributed by atoms with Crippen LogP contribution in [0.15, 0.2) is 30.3 Å². The SMILES string of the molecule is CC(C)(O)Cn1nnc(C(=O)O)c1-c1ccccc1. The first kappa shape index (κ1) is 13.2. The highest BCUT2D eigenvalue weighted by Crippen LogP contribution is 2.23. The van der Waals surface area contributed by atoms with Gasteiger partial charge in [0.05, 0.1) is 12.1 Å². The van der Waals surface area contributed by atoms with Crippen LogP contribution in [-0.4, -0.2) is 36.8 Å². The molecule has 0 bridgehead atoms. The van der Waals surface area contributed by atoms with Gasteiger partial charge < -0.3 is 10.2 Å². The third-order valence-corrected chi connectivity index (χ3v) is 2.52. The summed E-state index contributed by atoms with van der Waals surface area (Å²) in [6, 6.07) is 9.02. The number of hydrogen-bond donors (Lipinski definition) is 2. The molecule has 2 rings (SSSR count). The molecule has 0 aliphatic carbocycles. The molecule has 0 saturated heterocycles. The van der Waals surface area contributed by atoms with E-state index in [1.54, 1.807) is 26.0 Å². The second kappa shape index (κ2) is 4.81. The molecule has 0 atom stereocenters. The van der Waals surface area contributed by atoms with Crippen molar-refractivity contribution in [3.05, 3.63) is 36.0 Å². The minimum absolute atomic E-state index is 0.115. The molecule has 1 aromatic heterocycles. The molecule has 19 heavy (non-hydrogen) atoms. The molecule has 0 aliphatic rings. The number of rotatable bonds is 4. The Labute approximate surface area is 110 Å². The van der Waals surface area contributed by atoms with Gasteiger partial charge in [-0.05, 0) is 13.8 Å². The van der Waals surface area contributed by atoms with E-state index >= 15 is 0 Å². The lowest BCUT2D eigenvalue weighted by atomic mass is 10.1. The maximum absolute atomic E-state index is 11.2. The number of benzene rings is 1. The van der Waals surface area contributed by atoms with E-state index in [1.807, 2.05) is 18.2 Å². The minimum atomic E-state index is -1.14. The van der Waals surface area contributed by atoms with Crippen LogP contribution in [0, 0.1) is 0 Å². The predicted octanol–water partition coefficient (Wildman–Crippen LogP) is 1.41. The van der Waals surface area contributed by atoms with Crippen LogP contribution in [-0.2, 0) is 6.54 Å². The molecule has 0 aliphatic heterocycles. The maximum atomic E-state index is 11.2. The first-order chi connectivity index (χ1) is 8.88. The molecule has 6 heteroatoms. The molecule has 0 unspecified atom stereocenters. The fraction of sp³-hybridized carbons (Fsp3) is 0.308. The van der Waals surface area contributed by atoms with Gasteiger partial charge in [-0.25, -0.2) is 9.48 Å². The quantitative estimate of drug-likeness (QED) is 0.868. The molecule has 2 aromatic rings. The molecule has 6 nitrogen and oxygen atoms in total. The van der Waals surface area contributed by atoms with E-state index in [-0.39, 0.29) is 12.2 Å². The van der Waals surface area contributed by atoms with Gasteiger partial charge in [0, 0.05) is 5.56 Å². The van der Waals surface area contributed by atoms with Gasteiger partial charge in [-0.3, -0.25) is 0 Å². The third kappa shape index (κ3) is 2.97. The molecule has 2 N–H and O–H groups in total. The summed E-state index contributed by atoms with van der Waals surface area (Å²) in [5.74, 6) is -1.14. The topological polar surface area (TPSA) is 88.2 Å². The molecule has 0 spiro atoms. The van der Waals surface area contributed by atoms with Crippen LogP contribution >= 0.6 is 0 Å². The van der Waals surface area contributed by atoms with Gasteiger partial charge in [0.25, 0.3) is 0 Å². The zero-order valence-corrected chi connectivity index (χ0v) is 10.7. The van der Waals surface area contributed by atoms with Crippen molar-refractivity contribution in [1.82, 2.24) is 15.0 Å². The lowest BCUT2D eigenvalue weighted by Gasteiger charge is -2.18. The standard InChI is InChI=1S/C13H15N3O3/c1-13(2,19)8-16-11(9-6-4-3-5-7-9)10(12(17)18)14-15-16/h3-7,19H,8H2,1-2H3,(H,17,18). The first-order valence-corrected chi connectivity index (χ1v) is 5.83. The number of carboxylic acids is 1. The first-order valence-electron chi connectivity index (χ1n) is 5.83. The lowest BCUT2D eigenvalue weighted by molar-refractivity contribution is 0.0575. The molecule has 100 valence electrons. The fourth-order valence-corrected chi connectivity index (χ4v) is 1.82. The van der Waals surface area contributed by atoms with Crippen molar-refractivity contribution in [2.45, 2.75) is 26.0 Å². The van der Waals surface area contributed by atoms with Gasteiger partial charge >= 0.3 is 5.97 Å². The van der Waals surface area contributed by atoms with E-state index < -0.39 is 11.6 Å². The molecular formula is C13H15N3O3. The molecule has 1 heterocycles. The highest BCUT2D eigenvalue weighted by Gasteiger charge is 2.24. The molecule has 0 amide bonds. The maximum Gasteiger partial charge on any atom is 0.358 e. The monoisotopic (exact) mass is 261 g/mol. The fourth-order valence-electron chi connectivity index (χ4n) is 1.82. The van der Waals surface area contributed by atoms with Crippen molar-refractivity contribution in [2.75, 3.05) is 0 Å². The summed E-state index contributed by atoms with van der Waals surface area (Å²) < 4.78 is 1.42. The van der Waals surface area contributed by atoms with Gasteiger partial charge in [0.15, 0.2) is 5.69 Å². The van der Waals surface area contributed by atoms with E-state index in [0.29, 0.717) is 11.3 Å². The van der Waals surface area contributed by atoms with Crippen LogP contribution in [0.5, 0.6) is 0 Å². The Morgan fingerprint density at radius 3 is 2.47 bits per heavy atom. The van der Waals surface area contributed by atoms with Gasteiger partial charge in [-0.2, -0.15) is 0 Å². The van der Waals surface area contributed by atoms with Gasteiger partial charge in [0.1, 0.15) is 5.69 Å². The Hall–Kier alpha value is -2.21. The molecule has 0 fully saturated rings. The Morgan fingerprint density at radius 2 is 1.95 bits per heavy atom. The summed E-state index contributed by atoms with van der Waals surface area (Å²) in [4.78, 5) is 11.2. The number of nitrogens with zero attached hydrogens (tertiary/aromatic N) is 3. The molecule has 1 aromatic carbocycles. The van der Waals surface area contributed by atoms with Crippen LogP contribution in [0.25, 0.3) is 11.3 Å². The van der Waals surface area contributed by atoms with E-state index in [2.05, 4.69) is 10.3 Å². The van der Waals surface area contributed by atoms with E-state index in [9.17, 15) is 9.90 Å². The van der Waals surface area contributed by atoms with E-state index in [0.717, 1.165) is 0 Å². The predicted molar refractivity (Wildman–Crippen MR) is 68.7 cm³/mol. The van der Waals surface area contributed by atoms with Crippen molar-refractivity contribution in [3.63, 3.8) is 0 Å². The Morgan fingerprint density at radius 1 is 1.32 bits per heavy atom. The van der Waals surface area contributed by atoms with Crippen molar-refractivity contribution in [2.24, 2.45) is 0 Å². The van der Waals surface area contributed by atoms with Crippen molar-refractivity contribution >= 4 is 5.97 Å². The van der Waals surface area contributed by atoms with Gasteiger partial charge in [-0.1, -0.05) is 35.5 Å². The molecular weight excluding hydrogens is 246 g/mol. The minimum Gasteiger partial charge on any atom is -0.476 e. The van der Waals surface area contributed by atoms with Crippen molar-refractivity contribution in [3.8, 4) is 11.3 Å². The van der Waals surface area contributed by atoms with Crippen LogP contribution in [0.4, 0.5) is 0 Å². The summed E-state index contributed by atoms with van der Waals surface area (Å²) in [6.45, 7) is 3.42. The van der Waals surface area contributed by atoms with Gasteiger partial charge in [-0.15, -0.1) is 5.10 Å². The zero-order chi connectivity index (χ0) is 14.0. The smallest absolute Gasteiger partial charge is 0.358 e. The number of hydrogen-bond acceptors (Lipinski definition) is 4. The van der Waals surface area contributed by atoms with E-state index in [4.69, 9.17) is 5.11 Å². The van der Waals surface area contributed by atoms with Crippen LogP contribution in [0.1, 0.15) is 24.3 Å². The Balaban J connectivity index is 2.55. The normalized spacial score (nSPS) is 11.5. The average molecular weight is 261 g/mol. The number of aromatic nitrogens is 3. The zero-order valence-electron chi connectivity index (χ0n) is 10.7. The highest BCUT2D eigenvalue weighted by molar-refractivity contribution is 5.92. The van der Waals surface area contributed by atoms with Gasteiger partial charge in [0.2, 0.25) is 0 Å². The number of carbonyl (C=O) groups is 1. The summed E-state index contributed by atoms with van der Waals surface area (Å²) in [5, 5.41) is 26.5. The second-order valence-electron chi connectivity index (χ2n) is 4.93. The Bertz CT molecular complexity index is 585. The third-order valence-electron chi connectivity index (χ3n) is 2.52. The number of aromatic carboxylic acids is 1. The summed E-state index contributed by atoms with van der Waals surface area (Å²) >= 11 is 0. The van der Waals surface area contributed by atoms with Crippen molar-refractivity contribution in [1.29, 1.82) is 0 Å². The molecule has 0 radical (unpaired) electrons. The number of carboxylic acid groups (broad SMARTS) is 1. The largest absolute Gasteiger partial charge is 0.476 e. The summed E-state index contributed by atoms with van der Waals surface area (Å²) in [5.41, 5.74) is -0.0210. The summed E-state index contributed by atoms with van der Waals surface area (Å²) in [6.07, 6.45) is 0. The van der Waals surface area contributed by atoms with Crippen LogP contribution in [0.3, 0.4) is 0 Å². The summed E-state index contributed by atoms with van der Waals surface area (Å²) in [7, 11) is 0. The second-order valence-corrected chi connectivity index (χ2v) is 4.93. The average Bonchev–Trinajstić information content (AvgIpc) is 2.71. The lowest BCUT2D eigenvalue weighted by Crippen LogP contribution is -2.27.